The minimum atomic E-state index is 0.264. The number of carbonyl (C=O) groups excluding carboxylic acids is 1. The fraction of sp³-hybridized carbons (Fsp3) is 0.632. The topological polar surface area (TPSA) is 41.6 Å². The second-order valence-corrected chi connectivity index (χ2v) is 6.88. The smallest absolute Gasteiger partial charge is 0.223 e. The van der Waals surface area contributed by atoms with E-state index in [9.17, 15) is 4.79 Å². The summed E-state index contributed by atoms with van der Waals surface area (Å²) < 4.78 is 5.30. The van der Waals surface area contributed by atoms with Gasteiger partial charge in [0.15, 0.2) is 0 Å². The standard InChI is InChI=1S/C19H28N2O2/c1-23-18-9-5-8-17(12-18)21-11-10-15(14-21)13-20-19(22)16-6-3-2-4-7-16/h5,8-9,12,15-16H,2-4,6-7,10-11,13-14H2,1H3,(H,20,22)/t15-/m1/s1. The molecule has 1 aliphatic heterocycles. The van der Waals surface area contributed by atoms with E-state index < -0.39 is 0 Å². The van der Waals surface area contributed by atoms with Crippen LogP contribution in [-0.2, 0) is 4.79 Å². The van der Waals surface area contributed by atoms with E-state index in [-0.39, 0.29) is 11.8 Å². The molecular formula is C19H28N2O2. The summed E-state index contributed by atoms with van der Waals surface area (Å²) in [5.74, 6) is 1.99. The average Bonchev–Trinajstić information content (AvgIpc) is 3.09. The van der Waals surface area contributed by atoms with Crippen LogP contribution in [0, 0.1) is 11.8 Å². The lowest BCUT2D eigenvalue weighted by Gasteiger charge is -2.22. The highest BCUT2D eigenvalue weighted by molar-refractivity contribution is 5.78. The van der Waals surface area contributed by atoms with Crippen molar-refractivity contribution >= 4 is 11.6 Å². The molecule has 0 unspecified atom stereocenters. The molecule has 1 aromatic carbocycles. The van der Waals surface area contributed by atoms with Gasteiger partial charge in [0.1, 0.15) is 5.75 Å². The third-order valence-corrected chi connectivity index (χ3v) is 5.25. The zero-order valence-corrected chi connectivity index (χ0v) is 14.1. The maximum absolute atomic E-state index is 12.2. The highest BCUT2D eigenvalue weighted by atomic mass is 16.5. The average molecular weight is 316 g/mol. The van der Waals surface area contributed by atoms with Crippen LogP contribution >= 0.6 is 0 Å². The molecule has 4 nitrogen and oxygen atoms in total. The fourth-order valence-corrected chi connectivity index (χ4v) is 3.80. The van der Waals surface area contributed by atoms with Crippen LogP contribution in [0.2, 0.25) is 0 Å². The summed E-state index contributed by atoms with van der Waals surface area (Å²) in [5.41, 5.74) is 1.21. The second kappa shape index (κ2) is 7.71. The molecule has 126 valence electrons. The Labute approximate surface area is 139 Å². The minimum absolute atomic E-state index is 0.264. The summed E-state index contributed by atoms with van der Waals surface area (Å²) in [5, 5.41) is 3.20. The maximum atomic E-state index is 12.2. The zero-order chi connectivity index (χ0) is 16.1. The first-order valence-electron chi connectivity index (χ1n) is 8.93. The lowest BCUT2D eigenvalue weighted by Crippen LogP contribution is -2.36. The summed E-state index contributed by atoms with van der Waals surface area (Å²) in [6.45, 7) is 2.88. The van der Waals surface area contributed by atoms with E-state index >= 15 is 0 Å². The van der Waals surface area contributed by atoms with Crippen LogP contribution in [0.1, 0.15) is 38.5 Å². The highest BCUT2D eigenvalue weighted by Gasteiger charge is 2.25. The number of carbonyl (C=O) groups is 1. The Morgan fingerprint density at radius 3 is 2.87 bits per heavy atom. The van der Waals surface area contributed by atoms with Gasteiger partial charge in [0, 0.05) is 37.3 Å². The van der Waals surface area contributed by atoms with Crippen molar-refractivity contribution in [3.63, 3.8) is 0 Å². The van der Waals surface area contributed by atoms with Gasteiger partial charge in [-0.25, -0.2) is 0 Å². The predicted octanol–water partition coefficient (Wildman–Crippen LogP) is 3.22. The van der Waals surface area contributed by atoms with E-state index in [0.29, 0.717) is 5.92 Å². The molecule has 1 aliphatic carbocycles. The maximum Gasteiger partial charge on any atom is 0.223 e. The molecule has 1 aromatic rings. The molecule has 2 fully saturated rings. The van der Waals surface area contributed by atoms with Crippen molar-refractivity contribution in [3.8, 4) is 5.75 Å². The van der Waals surface area contributed by atoms with Crippen molar-refractivity contribution in [1.29, 1.82) is 0 Å². The predicted molar refractivity (Wildman–Crippen MR) is 92.9 cm³/mol. The number of nitrogens with zero attached hydrogens (tertiary/aromatic N) is 1. The summed E-state index contributed by atoms with van der Waals surface area (Å²) in [4.78, 5) is 14.6. The Morgan fingerprint density at radius 1 is 1.26 bits per heavy atom. The molecule has 1 heterocycles. The SMILES string of the molecule is COc1cccc(N2CC[C@H](CNC(=O)C3CCCCC3)C2)c1. The molecule has 0 bridgehead atoms. The first kappa shape index (κ1) is 16.2. The zero-order valence-electron chi connectivity index (χ0n) is 14.1. The van der Waals surface area contributed by atoms with Crippen LogP contribution in [0.25, 0.3) is 0 Å². The van der Waals surface area contributed by atoms with Crippen molar-refractivity contribution in [3.05, 3.63) is 24.3 Å². The molecule has 1 atom stereocenters. The fourth-order valence-electron chi connectivity index (χ4n) is 3.80. The first-order valence-corrected chi connectivity index (χ1v) is 8.93. The molecule has 1 saturated carbocycles. The summed E-state index contributed by atoms with van der Waals surface area (Å²) in [7, 11) is 1.70. The van der Waals surface area contributed by atoms with Crippen LogP contribution in [-0.4, -0.2) is 32.7 Å². The van der Waals surface area contributed by atoms with E-state index in [4.69, 9.17) is 4.74 Å². The van der Waals surface area contributed by atoms with Crippen LogP contribution in [0.3, 0.4) is 0 Å². The third kappa shape index (κ3) is 4.18. The molecule has 3 rings (SSSR count). The highest BCUT2D eigenvalue weighted by Crippen LogP contribution is 2.27. The lowest BCUT2D eigenvalue weighted by molar-refractivity contribution is -0.126. The first-order chi connectivity index (χ1) is 11.3. The van der Waals surface area contributed by atoms with E-state index in [1.807, 2.05) is 12.1 Å². The van der Waals surface area contributed by atoms with Gasteiger partial charge in [-0.2, -0.15) is 0 Å². The number of methoxy groups -OCH3 is 1. The van der Waals surface area contributed by atoms with Crippen LogP contribution in [0.5, 0.6) is 5.75 Å². The van der Waals surface area contributed by atoms with Gasteiger partial charge in [0.2, 0.25) is 5.91 Å². The molecule has 0 radical (unpaired) electrons. The van der Waals surface area contributed by atoms with E-state index in [1.54, 1.807) is 7.11 Å². The minimum Gasteiger partial charge on any atom is -0.497 e. The third-order valence-electron chi connectivity index (χ3n) is 5.25. The van der Waals surface area contributed by atoms with E-state index in [2.05, 4.69) is 22.3 Å². The summed E-state index contributed by atoms with van der Waals surface area (Å²) in [6, 6.07) is 8.22. The Kier molecular flexibility index (Phi) is 5.42. The van der Waals surface area contributed by atoms with Crippen LogP contribution < -0.4 is 15.0 Å². The molecule has 2 aliphatic rings. The summed E-state index contributed by atoms with van der Waals surface area (Å²) >= 11 is 0. The number of anilines is 1. The normalized spacial score (nSPS) is 22.1. The van der Waals surface area contributed by atoms with Gasteiger partial charge >= 0.3 is 0 Å². The Bertz CT molecular complexity index is 526. The van der Waals surface area contributed by atoms with E-state index in [1.165, 1.54) is 24.9 Å². The van der Waals surface area contributed by atoms with Gasteiger partial charge in [0.05, 0.1) is 7.11 Å². The number of hydrogen-bond donors (Lipinski definition) is 1. The van der Waals surface area contributed by atoms with Crippen molar-refractivity contribution in [1.82, 2.24) is 5.32 Å². The largest absolute Gasteiger partial charge is 0.497 e. The van der Waals surface area contributed by atoms with Crippen LogP contribution in [0.15, 0.2) is 24.3 Å². The van der Waals surface area contributed by atoms with Gasteiger partial charge in [0.25, 0.3) is 0 Å². The molecule has 1 N–H and O–H groups in total. The van der Waals surface area contributed by atoms with Gasteiger partial charge in [-0.3, -0.25) is 4.79 Å². The Balaban J connectivity index is 1.46. The van der Waals surface area contributed by atoms with Crippen molar-refractivity contribution < 1.29 is 9.53 Å². The van der Waals surface area contributed by atoms with Crippen molar-refractivity contribution in [2.24, 2.45) is 11.8 Å². The van der Waals surface area contributed by atoms with Gasteiger partial charge in [-0.05, 0) is 37.3 Å². The number of rotatable bonds is 5. The Morgan fingerprint density at radius 2 is 2.09 bits per heavy atom. The van der Waals surface area contributed by atoms with E-state index in [0.717, 1.165) is 44.6 Å². The molecule has 23 heavy (non-hydrogen) atoms. The number of benzene rings is 1. The summed E-state index contributed by atoms with van der Waals surface area (Å²) in [6.07, 6.45) is 7.01. The van der Waals surface area contributed by atoms with Gasteiger partial charge in [-0.15, -0.1) is 0 Å². The lowest BCUT2D eigenvalue weighted by atomic mass is 9.88. The number of nitrogens with one attached hydrogen (secondary N) is 1. The number of hydrogen-bond acceptors (Lipinski definition) is 3. The molecule has 0 aromatic heterocycles. The quantitative estimate of drug-likeness (QED) is 0.907. The molecular weight excluding hydrogens is 288 g/mol. The Hall–Kier alpha value is -1.71. The number of amides is 1. The van der Waals surface area contributed by atoms with Crippen molar-refractivity contribution in [2.75, 3.05) is 31.6 Å². The van der Waals surface area contributed by atoms with Crippen molar-refractivity contribution in [2.45, 2.75) is 38.5 Å². The van der Waals surface area contributed by atoms with Gasteiger partial charge in [-0.1, -0.05) is 25.3 Å². The monoisotopic (exact) mass is 316 g/mol. The molecule has 1 amide bonds. The molecule has 0 spiro atoms. The van der Waals surface area contributed by atoms with Crippen LogP contribution in [0.4, 0.5) is 5.69 Å². The second-order valence-electron chi connectivity index (χ2n) is 6.88. The molecule has 1 saturated heterocycles. The molecule has 4 heteroatoms. The number of ether oxygens (including phenoxy) is 1. The van der Waals surface area contributed by atoms with Gasteiger partial charge < -0.3 is 15.0 Å².